The third kappa shape index (κ3) is 5.42. The van der Waals surface area contributed by atoms with Crippen LogP contribution in [-0.2, 0) is 16.0 Å². The van der Waals surface area contributed by atoms with Gasteiger partial charge in [-0.05, 0) is 56.1 Å². The van der Waals surface area contributed by atoms with Crippen molar-refractivity contribution in [2.45, 2.75) is 31.5 Å². The lowest BCUT2D eigenvalue weighted by Crippen LogP contribution is -2.53. The summed E-state index contributed by atoms with van der Waals surface area (Å²) < 4.78 is 0. The fraction of sp³-hybridized carbons (Fsp3) is 0.276. The number of carbonyl (C=O) groups is 2. The predicted molar refractivity (Wildman–Crippen MR) is 149 cm³/mol. The second-order valence-corrected chi connectivity index (χ2v) is 10.2. The number of aliphatic imine (C=N–C) groups is 1. The van der Waals surface area contributed by atoms with Crippen molar-refractivity contribution in [3.8, 4) is 0 Å². The van der Waals surface area contributed by atoms with E-state index in [9.17, 15) is 9.59 Å². The molecule has 3 aromatic rings. The van der Waals surface area contributed by atoms with Gasteiger partial charge in [-0.15, -0.1) is 0 Å². The van der Waals surface area contributed by atoms with E-state index in [1.54, 1.807) is 24.1 Å². The molecule has 1 N–H and O–H groups in total. The SMILES string of the molecule is CN1C(=O)[C@@H](NC(=O)[C@@H](Cc2ccc(Cl)c(Cl)c2)N2CCCC2)N=C(c2ccccc2)c2ccccc21. The molecule has 1 fully saturated rings. The number of carbonyl (C=O) groups excluding carboxylic acids is 2. The molecule has 0 aliphatic carbocycles. The molecule has 6 nitrogen and oxygen atoms in total. The molecule has 1 saturated heterocycles. The number of rotatable bonds is 6. The molecule has 5 rings (SSSR count). The van der Waals surface area contributed by atoms with Gasteiger partial charge in [0.2, 0.25) is 12.1 Å². The molecule has 8 heteroatoms. The number of halogens is 2. The smallest absolute Gasteiger partial charge is 0.272 e. The molecular weight excluding hydrogens is 507 g/mol. The van der Waals surface area contributed by atoms with Gasteiger partial charge in [0, 0.05) is 18.2 Å². The van der Waals surface area contributed by atoms with Gasteiger partial charge in [-0.2, -0.15) is 0 Å². The van der Waals surface area contributed by atoms with Gasteiger partial charge in [0.05, 0.1) is 27.5 Å². The highest BCUT2D eigenvalue weighted by Crippen LogP contribution is 2.28. The number of benzodiazepines with no additional fused rings is 1. The van der Waals surface area contributed by atoms with Crippen LogP contribution < -0.4 is 10.2 Å². The highest BCUT2D eigenvalue weighted by atomic mass is 35.5. The lowest BCUT2D eigenvalue weighted by Gasteiger charge is -2.28. The molecule has 2 heterocycles. The van der Waals surface area contributed by atoms with Crippen LogP contribution in [0.25, 0.3) is 0 Å². The Kier molecular flexibility index (Phi) is 7.60. The van der Waals surface area contributed by atoms with Gasteiger partial charge < -0.3 is 10.2 Å². The van der Waals surface area contributed by atoms with Crippen LogP contribution in [0.5, 0.6) is 0 Å². The second kappa shape index (κ2) is 11.1. The summed E-state index contributed by atoms with van der Waals surface area (Å²) >= 11 is 12.4. The average Bonchev–Trinajstić information content (AvgIpc) is 3.43. The number of hydrogen-bond acceptors (Lipinski definition) is 4. The van der Waals surface area contributed by atoms with Crippen LogP contribution in [0.2, 0.25) is 10.0 Å². The number of nitrogens with zero attached hydrogens (tertiary/aromatic N) is 3. The van der Waals surface area contributed by atoms with Gasteiger partial charge in [-0.25, -0.2) is 4.99 Å². The molecule has 37 heavy (non-hydrogen) atoms. The van der Waals surface area contributed by atoms with Crippen molar-refractivity contribution in [2.24, 2.45) is 4.99 Å². The molecule has 2 aliphatic rings. The third-order valence-corrected chi connectivity index (χ3v) is 7.71. The fourth-order valence-electron chi connectivity index (χ4n) is 5.00. The van der Waals surface area contributed by atoms with Crippen LogP contribution in [0.4, 0.5) is 5.69 Å². The Hall–Kier alpha value is -3.19. The van der Waals surface area contributed by atoms with Gasteiger partial charge in [-0.3, -0.25) is 14.5 Å². The van der Waals surface area contributed by atoms with Gasteiger partial charge in [0.25, 0.3) is 5.91 Å². The number of hydrogen-bond donors (Lipinski definition) is 1. The number of anilines is 1. The summed E-state index contributed by atoms with van der Waals surface area (Å²) in [5.74, 6) is -0.525. The highest BCUT2D eigenvalue weighted by molar-refractivity contribution is 6.42. The molecule has 0 unspecified atom stereocenters. The average molecular weight is 535 g/mol. The number of nitrogens with one attached hydrogen (secondary N) is 1. The lowest BCUT2D eigenvalue weighted by molar-refractivity contribution is -0.130. The molecule has 0 saturated carbocycles. The number of likely N-dealkylation sites (tertiary alicyclic amines) is 1. The Morgan fingerprint density at radius 3 is 2.43 bits per heavy atom. The minimum absolute atomic E-state index is 0.234. The van der Waals surface area contributed by atoms with E-state index >= 15 is 0 Å². The minimum atomic E-state index is -1.06. The molecule has 0 bridgehead atoms. The van der Waals surface area contributed by atoms with Gasteiger partial charge in [-0.1, -0.05) is 77.8 Å². The molecule has 2 atom stereocenters. The number of likely N-dealkylation sites (N-methyl/N-ethyl adjacent to an activating group) is 1. The van der Waals surface area contributed by atoms with Crippen LogP contribution in [0, 0.1) is 0 Å². The van der Waals surface area contributed by atoms with Crippen molar-refractivity contribution in [3.05, 3.63) is 99.5 Å². The summed E-state index contributed by atoms with van der Waals surface area (Å²) in [5, 5.41) is 3.91. The maximum atomic E-state index is 13.8. The summed E-state index contributed by atoms with van der Waals surface area (Å²) in [4.78, 5) is 35.9. The molecule has 190 valence electrons. The van der Waals surface area contributed by atoms with E-state index in [1.165, 1.54) is 0 Å². The van der Waals surface area contributed by atoms with E-state index in [4.69, 9.17) is 28.2 Å². The van der Waals surface area contributed by atoms with Gasteiger partial charge in [0.15, 0.2) is 0 Å². The minimum Gasteiger partial charge on any atom is -0.325 e. The van der Waals surface area contributed by atoms with Crippen LogP contribution in [0.1, 0.15) is 29.5 Å². The zero-order valence-corrected chi connectivity index (χ0v) is 22.0. The molecule has 2 amide bonds. The molecule has 0 radical (unpaired) electrons. The van der Waals surface area contributed by atoms with Crippen molar-refractivity contribution in [1.82, 2.24) is 10.2 Å². The molecule has 3 aromatic carbocycles. The Bertz CT molecular complexity index is 1340. The Morgan fingerprint density at radius 2 is 1.70 bits per heavy atom. The summed E-state index contributed by atoms with van der Waals surface area (Å²) in [6.07, 6.45) is 1.46. The summed E-state index contributed by atoms with van der Waals surface area (Å²) in [6, 6.07) is 22.4. The Morgan fingerprint density at radius 1 is 1.00 bits per heavy atom. The summed E-state index contributed by atoms with van der Waals surface area (Å²) in [5.41, 5.74) is 4.05. The first-order valence-electron chi connectivity index (χ1n) is 12.4. The second-order valence-electron chi connectivity index (χ2n) is 9.38. The summed E-state index contributed by atoms with van der Waals surface area (Å²) in [7, 11) is 1.72. The standard InChI is InChI=1S/C29H28Cl2N4O2/c1-34-24-12-6-5-11-21(24)26(20-9-3-2-4-10-20)32-27(29(34)37)33-28(36)25(35-15-7-8-16-35)18-19-13-14-22(30)23(31)17-19/h2-6,9-14,17,25,27H,7-8,15-16,18H2,1H3,(H,33,36)/t25-,27-/m1/s1. The normalized spacial score (nSPS) is 18.7. The monoisotopic (exact) mass is 534 g/mol. The Balaban J connectivity index is 1.48. The van der Waals surface area contributed by atoms with Crippen LogP contribution in [-0.4, -0.2) is 54.8 Å². The van der Waals surface area contributed by atoms with Crippen molar-refractivity contribution >= 4 is 46.4 Å². The number of benzene rings is 3. The highest BCUT2D eigenvalue weighted by Gasteiger charge is 2.35. The predicted octanol–water partition coefficient (Wildman–Crippen LogP) is 4.96. The van der Waals surface area contributed by atoms with Crippen molar-refractivity contribution in [2.75, 3.05) is 25.0 Å². The molecular formula is C29H28Cl2N4O2. The van der Waals surface area contributed by atoms with Crippen LogP contribution >= 0.6 is 23.2 Å². The third-order valence-electron chi connectivity index (χ3n) is 6.97. The number of amides is 2. The Labute approximate surface area is 226 Å². The molecule has 0 aromatic heterocycles. The van der Waals surface area contributed by atoms with E-state index in [2.05, 4.69) is 10.2 Å². The van der Waals surface area contributed by atoms with Gasteiger partial charge in [0.1, 0.15) is 0 Å². The lowest BCUT2D eigenvalue weighted by atomic mass is 10.0. The fourth-order valence-corrected chi connectivity index (χ4v) is 5.32. The van der Waals surface area contributed by atoms with E-state index < -0.39 is 12.2 Å². The van der Waals surface area contributed by atoms with Gasteiger partial charge >= 0.3 is 0 Å². The maximum absolute atomic E-state index is 13.8. The van der Waals surface area contributed by atoms with Crippen molar-refractivity contribution in [3.63, 3.8) is 0 Å². The van der Waals surface area contributed by atoms with Crippen LogP contribution in [0.15, 0.2) is 77.8 Å². The van der Waals surface area contributed by atoms with Crippen molar-refractivity contribution in [1.29, 1.82) is 0 Å². The maximum Gasteiger partial charge on any atom is 0.272 e. The molecule has 0 spiro atoms. The topological polar surface area (TPSA) is 65.0 Å². The van der Waals surface area contributed by atoms with E-state index in [0.29, 0.717) is 22.2 Å². The quantitative estimate of drug-likeness (QED) is 0.486. The first-order valence-corrected chi connectivity index (χ1v) is 13.2. The number of para-hydroxylation sites is 1. The number of fused-ring (bicyclic) bond motifs is 1. The zero-order chi connectivity index (χ0) is 25.9. The van der Waals surface area contributed by atoms with E-state index in [1.807, 2.05) is 60.7 Å². The van der Waals surface area contributed by atoms with Crippen molar-refractivity contribution < 1.29 is 9.59 Å². The first kappa shape index (κ1) is 25.5. The van der Waals surface area contributed by atoms with Crippen LogP contribution in [0.3, 0.4) is 0 Å². The first-order chi connectivity index (χ1) is 17.9. The molecule has 2 aliphatic heterocycles. The summed E-state index contributed by atoms with van der Waals surface area (Å²) in [6.45, 7) is 1.64. The largest absolute Gasteiger partial charge is 0.325 e. The zero-order valence-electron chi connectivity index (χ0n) is 20.5. The van der Waals surface area contributed by atoms with E-state index in [-0.39, 0.29) is 11.8 Å². The van der Waals surface area contributed by atoms with E-state index in [0.717, 1.165) is 48.3 Å².